The molecule has 0 N–H and O–H groups in total. The molecule has 33 heavy (non-hydrogen) atoms. The number of hydrogen-bond donors (Lipinski definition) is 0. The molecule has 1 heterocycles. The van der Waals surface area contributed by atoms with E-state index in [1.165, 1.54) is 10.4 Å². The molecule has 0 bridgehead atoms. The van der Waals surface area contributed by atoms with E-state index in [9.17, 15) is 9.59 Å². The van der Waals surface area contributed by atoms with Crippen molar-refractivity contribution in [2.45, 2.75) is 33.9 Å². The van der Waals surface area contributed by atoms with Crippen molar-refractivity contribution in [1.29, 1.82) is 0 Å². The average Bonchev–Trinajstić information content (AvgIpc) is 3.22. The minimum Gasteiger partial charge on any atom is -0.332 e. The Labute approximate surface area is 201 Å². The highest BCUT2D eigenvalue weighted by atomic mass is 32.1. The zero-order chi connectivity index (χ0) is 23.6. The molecule has 0 aliphatic heterocycles. The van der Waals surface area contributed by atoms with Crippen LogP contribution in [0.2, 0.25) is 0 Å². The molecule has 2 amide bonds. The predicted molar refractivity (Wildman–Crippen MR) is 137 cm³/mol. The summed E-state index contributed by atoms with van der Waals surface area (Å²) in [7, 11) is 0. The number of rotatable bonds is 10. The monoisotopic (exact) mass is 460 g/mol. The Morgan fingerprint density at radius 3 is 2.18 bits per heavy atom. The van der Waals surface area contributed by atoms with Crippen LogP contribution in [0.25, 0.3) is 6.08 Å². The molecule has 1 aromatic heterocycles. The van der Waals surface area contributed by atoms with E-state index in [1.54, 1.807) is 28.4 Å². The lowest BCUT2D eigenvalue weighted by molar-refractivity contribution is -0.139. The first-order chi connectivity index (χ1) is 15.9. The number of carbonyl (C=O) groups is 2. The summed E-state index contributed by atoms with van der Waals surface area (Å²) in [6, 6.07) is 21.8. The Kier molecular flexibility index (Phi) is 9.02. The van der Waals surface area contributed by atoms with Crippen LogP contribution in [0.5, 0.6) is 0 Å². The van der Waals surface area contributed by atoms with Gasteiger partial charge in [-0.2, -0.15) is 0 Å². The number of amides is 2. The highest BCUT2D eigenvalue weighted by Crippen LogP contribution is 2.20. The zero-order valence-corrected chi connectivity index (χ0v) is 20.4. The van der Waals surface area contributed by atoms with Crippen molar-refractivity contribution in [1.82, 2.24) is 9.80 Å². The second-order valence-corrected chi connectivity index (χ2v) is 9.62. The topological polar surface area (TPSA) is 40.6 Å². The third kappa shape index (κ3) is 7.72. The summed E-state index contributed by atoms with van der Waals surface area (Å²) in [6.45, 7) is 7.83. The fraction of sp³-hybridized carbons (Fsp3) is 0.286. The highest BCUT2D eigenvalue weighted by molar-refractivity contribution is 7.10. The van der Waals surface area contributed by atoms with E-state index in [0.29, 0.717) is 19.6 Å². The third-order valence-corrected chi connectivity index (χ3v) is 6.32. The van der Waals surface area contributed by atoms with Gasteiger partial charge in [-0.05, 0) is 47.1 Å². The maximum absolute atomic E-state index is 13.5. The largest absolute Gasteiger partial charge is 0.332 e. The molecule has 0 spiro atoms. The van der Waals surface area contributed by atoms with Crippen LogP contribution in [-0.4, -0.2) is 34.7 Å². The van der Waals surface area contributed by atoms with E-state index in [2.05, 4.69) is 32.2 Å². The highest BCUT2D eigenvalue weighted by Gasteiger charge is 2.22. The van der Waals surface area contributed by atoms with Crippen molar-refractivity contribution in [3.63, 3.8) is 0 Å². The molecule has 3 aromatic rings. The normalized spacial score (nSPS) is 11.2. The van der Waals surface area contributed by atoms with Crippen molar-refractivity contribution >= 4 is 29.2 Å². The summed E-state index contributed by atoms with van der Waals surface area (Å²) in [5.74, 6) is 0.0654. The van der Waals surface area contributed by atoms with Crippen LogP contribution in [0, 0.1) is 12.8 Å². The summed E-state index contributed by atoms with van der Waals surface area (Å²) >= 11 is 1.66. The fourth-order valence-corrected chi connectivity index (χ4v) is 4.47. The van der Waals surface area contributed by atoms with Crippen LogP contribution in [0.3, 0.4) is 0 Å². The van der Waals surface area contributed by atoms with Gasteiger partial charge in [0.25, 0.3) is 0 Å². The van der Waals surface area contributed by atoms with Gasteiger partial charge >= 0.3 is 0 Å². The molecule has 0 aliphatic rings. The first kappa shape index (κ1) is 24.5. The Bertz CT molecular complexity index is 1060. The Balaban J connectivity index is 1.77. The second kappa shape index (κ2) is 12.2. The van der Waals surface area contributed by atoms with Crippen LogP contribution >= 0.6 is 11.3 Å². The molecular weight excluding hydrogens is 428 g/mol. The van der Waals surface area contributed by atoms with Crippen LogP contribution in [0.15, 0.2) is 78.2 Å². The average molecular weight is 461 g/mol. The van der Waals surface area contributed by atoms with Crippen LogP contribution in [-0.2, 0) is 22.7 Å². The molecule has 0 fully saturated rings. The lowest BCUT2D eigenvalue weighted by Crippen LogP contribution is -2.43. The van der Waals surface area contributed by atoms with Crippen molar-refractivity contribution < 1.29 is 9.59 Å². The van der Waals surface area contributed by atoms with Gasteiger partial charge in [0, 0.05) is 24.0 Å². The van der Waals surface area contributed by atoms with Crippen LogP contribution in [0.4, 0.5) is 0 Å². The molecule has 0 saturated heterocycles. The molecule has 5 heteroatoms. The SMILES string of the molecule is Cc1ccsc1CN(Cc1ccccc1)C(=O)CN(CC(C)C)C(=O)C=Cc1ccccc1. The van der Waals surface area contributed by atoms with Gasteiger partial charge in [-0.25, -0.2) is 0 Å². The number of carbonyl (C=O) groups excluding carboxylic acids is 2. The van der Waals surface area contributed by atoms with E-state index in [1.807, 2.05) is 65.6 Å². The van der Waals surface area contributed by atoms with Gasteiger partial charge in [-0.3, -0.25) is 9.59 Å². The van der Waals surface area contributed by atoms with E-state index in [-0.39, 0.29) is 24.3 Å². The quantitative estimate of drug-likeness (QED) is 0.360. The Hall–Kier alpha value is -3.18. The smallest absolute Gasteiger partial charge is 0.247 e. The van der Waals surface area contributed by atoms with E-state index < -0.39 is 0 Å². The molecule has 172 valence electrons. The summed E-state index contributed by atoms with van der Waals surface area (Å²) in [5.41, 5.74) is 3.22. The van der Waals surface area contributed by atoms with Gasteiger partial charge in [0.05, 0.1) is 6.54 Å². The van der Waals surface area contributed by atoms with E-state index in [0.717, 1.165) is 11.1 Å². The van der Waals surface area contributed by atoms with Gasteiger partial charge in [-0.15, -0.1) is 11.3 Å². The maximum atomic E-state index is 13.5. The fourth-order valence-electron chi connectivity index (χ4n) is 3.55. The van der Waals surface area contributed by atoms with Crippen molar-refractivity contribution in [2.24, 2.45) is 5.92 Å². The molecule has 0 radical (unpaired) electrons. The second-order valence-electron chi connectivity index (χ2n) is 8.62. The molecule has 2 aromatic carbocycles. The molecule has 4 nitrogen and oxygen atoms in total. The van der Waals surface area contributed by atoms with Crippen molar-refractivity contribution in [2.75, 3.05) is 13.1 Å². The van der Waals surface area contributed by atoms with Gasteiger partial charge in [0.15, 0.2) is 0 Å². The van der Waals surface area contributed by atoms with E-state index in [4.69, 9.17) is 0 Å². The number of aryl methyl sites for hydroxylation is 1. The lowest BCUT2D eigenvalue weighted by atomic mass is 10.1. The zero-order valence-electron chi connectivity index (χ0n) is 19.6. The number of thiophene rings is 1. The van der Waals surface area contributed by atoms with Gasteiger partial charge in [0.1, 0.15) is 6.54 Å². The first-order valence-electron chi connectivity index (χ1n) is 11.3. The first-order valence-corrected chi connectivity index (χ1v) is 12.2. The Morgan fingerprint density at radius 1 is 0.909 bits per heavy atom. The summed E-state index contributed by atoms with van der Waals surface area (Å²) in [5, 5.41) is 2.05. The molecule has 0 unspecified atom stereocenters. The van der Waals surface area contributed by atoms with Crippen molar-refractivity contribution in [3.05, 3.63) is 99.8 Å². The number of nitrogens with zero attached hydrogens (tertiary/aromatic N) is 2. The standard InChI is InChI=1S/C28H32N2O2S/c1-22(2)18-29(27(31)15-14-24-10-6-4-7-11-24)21-28(32)30(19-25-12-8-5-9-13-25)20-26-23(3)16-17-33-26/h4-17,22H,18-21H2,1-3H3. The molecule has 0 atom stereocenters. The van der Waals surface area contributed by atoms with Crippen LogP contribution < -0.4 is 0 Å². The Morgan fingerprint density at radius 2 is 1.58 bits per heavy atom. The predicted octanol–water partition coefficient (Wildman–Crippen LogP) is 5.78. The minimum atomic E-state index is -0.145. The summed E-state index contributed by atoms with van der Waals surface area (Å²) in [4.78, 5) is 31.2. The van der Waals surface area contributed by atoms with Gasteiger partial charge < -0.3 is 9.80 Å². The number of benzene rings is 2. The minimum absolute atomic E-state index is 0.0474. The summed E-state index contributed by atoms with van der Waals surface area (Å²) in [6.07, 6.45) is 3.37. The molecular formula is C28H32N2O2S. The van der Waals surface area contributed by atoms with E-state index >= 15 is 0 Å². The van der Waals surface area contributed by atoms with Gasteiger partial charge in [0.2, 0.25) is 11.8 Å². The van der Waals surface area contributed by atoms with Crippen molar-refractivity contribution in [3.8, 4) is 0 Å². The molecule has 0 aliphatic carbocycles. The number of hydrogen-bond acceptors (Lipinski definition) is 3. The van der Waals surface area contributed by atoms with Gasteiger partial charge in [-0.1, -0.05) is 74.5 Å². The third-order valence-electron chi connectivity index (χ3n) is 5.31. The lowest BCUT2D eigenvalue weighted by Gasteiger charge is -2.28. The molecule has 3 rings (SSSR count). The molecule has 0 saturated carbocycles. The maximum Gasteiger partial charge on any atom is 0.247 e. The summed E-state index contributed by atoms with van der Waals surface area (Å²) < 4.78 is 0. The van der Waals surface area contributed by atoms with Crippen LogP contribution in [0.1, 0.15) is 35.4 Å².